The fraction of sp³-hybridized carbons (Fsp3) is 0.381. The second-order valence-electron chi connectivity index (χ2n) is 6.63. The van der Waals surface area contributed by atoms with Crippen LogP contribution in [0.2, 0.25) is 0 Å². The number of sulfonamides is 1. The maximum atomic E-state index is 12.7. The molecule has 1 fully saturated rings. The second kappa shape index (κ2) is 9.87. The first-order valence-corrected chi connectivity index (χ1v) is 11.2. The van der Waals surface area contributed by atoms with Crippen molar-refractivity contribution < 1.29 is 22.7 Å². The number of para-hydroxylation sites is 1. The zero-order chi connectivity index (χ0) is 20.7. The Bertz CT molecular complexity index is 922. The van der Waals surface area contributed by atoms with Gasteiger partial charge < -0.3 is 14.8 Å². The van der Waals surface area contributed by atoms with Crippen LogP contribution in [0.3, 0.4) is 0 Å². The number of rotatable bonds is 9. The average molecular weight is 419 g/mol. The van der Waals surface area contributed by atoms with Crippen molar-refractivity contribution in [1.29, 1.82) is 0 Å². The molecule has 1 saturated heterocycles. The van der Waals surface area contributed by atoms with Crippen molar-refractivity contribution in [2.45, 2.75) is 24.7 Å². The topological polar surface area (TPSA) is 84.9 Å². The summed E-state index contributed by atoms with van der Waals surface area (Å²) in [6.45, 7) is 4.42. The molecule has 2 aromatic carbocycles. The zero-order valence-electron chi connectivity index (χ0n) is 16.5. The van der Waals surface area contributed by atoms with Crippen molar-refractivity contribution in [3.63, 3.8) is 0 Å². The molecule has 1 aliphatic heterocycles. The number of amides is 1. The normalized spacial score (nSPS) is 14.7. The monoisotopic (exact) mass is 418 g/mol. The van der Waals surface area contributed by atoms with E-state index in [1.807, 2.05) is 6.92 Å². The van der Waals surface area contributed by atoms with Gasteiger partial charge in [-0.25, -0.2) is 8.42 Å². The van der Waals surface area contributed by atoms with Crippen molar-refractivity contribution in [3.8, 4) is 5.75 Å². The first-order chi connectivity index (χ1) is 14.0. The van der Waals surface area contributed by atoms with Gasteiger partial charge in [-0.3, -0.25) is 4.79 Å². The smallest absolute Gasteiger partial charge is 0.259 e. The summed E-state index contributed by atoms with van der Waals surface area (Å²) >= 11 is 0. The lowest BCUT2D eigenvalue weighted by Crippen LogP contribution is -2.27. The molecule has 1 N–H and O–H groups in total. The lowest BCUT2D eigenvalue weighted by atomic mass is 10.2. The number of carbonyl (C=O) groups excluding carboxylic acids is 1. The van der Waals surface area contributed by atoms with Crippen LogP contribution in [0.1, 0.15) is 30.1 Å². The highest BCUT2D eigenvalue weighted by Gasteiger charge is 2.27. The van der Waals surface area contributed by atoms with E-state index in [0.29, 0.717) is 49.9 Å². The Labute approximate surface area is 171 Å². The van der Waals surface area contributed by atoms with Gasteiger partial charge in [-0.1, -0.05) is 12.1 Å². The molecule has 29 heavy (non-hydrogen) atoms. The molecule has 8 heteroatoms. The van der Waals surface area contributed by atoms with Gasteiger partial charge in [0.1, 0.15) is 12.4 Å². The predicted molar refractivity (Wildman–Crippen MR) is 111 cm³/mol. The Hall–Kier alpha value is -2.42. The Kier molecular flexibility index (Phi) is 7.24. The zero-order valence-corrected chi connectivity index (χ0v) is 17.3. The molecule has 7 nitrogen and oxygen atoms in total. The van der Waals surface area contributed by atoms with E-state index in [9.17, 15) is 13.2 Å². The lowest BCUT2D eigenvalue weighted by molar-refractivity contribution is 0.0998. The SMILES string of the molecule is CCOCCOc1ccccc1C(=O)Nc1ccc(S(=O)(=O)N2CCCC2)cc1. The molecule has 0 radical (unpaired) electrons. The highest BCUT2D eigenvalue weighted by atomic mass is 32.2. The lowest BCUT2D eigenvalue weighted by Gasteiger charge is -2.16. The third-order valence-corrected chi connectivity index (χ3v) is 6.55. The number of hydrogen-bond acceptors (Lipinski definition) is 5. The van der Waals surface area contributed by atoms with Crippen molar-refractivity contribution in [2.75, 3.05) is 38.2 Å². The van der Waals surface area contributed by atoms with E-state index in [4.69, 9.17) is 9.47 Å². The minimum atomic E-state index is -3.47. The van der Waals surface area contributed by atoms with E-state index in [-0.39, 0.29) is 10.8 Å². The Morgan fingerprint density at radius 1 is 1.03 bits per heavy atom. The number of nitrogens with zero attached hydrogens (tertiary/aromatic N) is 1. The van der Waals surface area contributed by atoms with Gasteiger partial charge in [0.15, 0.2) is 0 Å². The summed E-state index contributed by atoms with van der Waals surface area (Å²) < 4.78 is 37.6. The quantitative estimate of drug-likeness (QED) is 0.633. The van der Waals surface area contributed by atoms with E-state index in [1.54, 1.807) is 36.4 Å². The molecule has 0 aliphatic carbocycles. The highest BCUT2D eigenvalue weighted by molar-refractivity contribution is 7.89. The summed E-state index contributed by atoms with van der Waals surface area (Å²) in [6.07, 6.45) is 1.78. The predicted octanol–water partition coefficient (Wildman–Crippen LogP) is 3.14. The van der Waals surface area contributed by atoms with Crippen LogP contribution in [0.15, 0.2) is 53.4 Å². The first kappa shape index (κ1) is 21.3. The van der Waals surface area contributed by atoms with Crippen molar-refractivity contribution in [1.82, 2.24) is 4.31 Å². The maximum Gasteiger partial charge on any atom is 0.259 e. The third kappa shape index (κ3) is 5.35. The molecule has 156 valence electrons. The summed E-state index contributed by atoms with van der Waals surface area (Å²) in [5, 5.41) is 2.79. The van der Waals surface area contributed by atoms with Crippen molar-refractivity contribution in [2.24, 2.45) is 0 Å². The Balaban J connectivity index is 1.67. The van der Waals surface area contributed by atoms with Crippen LogP contribution in [0, 0.1) is 0 Å². The summed E-state index contributed by atoms with van der Waals surface area (Å²) in [4.78, 5) is 12.9. The van der Waals surface area contributed by atoms with Crippen LogP contribution in [0.4, 0.5) is 5.69 Å². The summed E-state index contributed by atoms with van der Waals surface area (Å²) in [6, 6.07) is 13.2. The van der Waals surface area contributed by atoms with Crippen LogP contribution in [-0.4, -0.2) is 51.5 Å². The van der Waals surface area contributed by atoms with Gasteiger partial charge in [0, 0.05) is 25.4 Å². The maximum absolute atomic E-state index is 12.7. The van der Waals surface area contributed by atoms with Crippen LogP contribution < -0.4 is 10.1 Å². The third-order valence-electron chi connectivity index (χ3n) is 4.64. The molecule has 0 spiro atoms. The summed E-state index contributed by atoms with van der Waals surface area (Å²) in [5.41, 5.74) is 0.914. The molecule has 3 rings (SSSR count). The Morgan fingerprint density at radius 3 is 2.41 bits per heavy atom. The molecule has 0 atom stereocenters. The minimum Gasteiger partial charge on any atom is -0.490 e. The minimum absolute atomic E-state index is 0.233. The molecule has 0 saturated carbocycles. The number of carbonyl (C=O) groups is 1. The first-order valence-electron chi connectivity index (χ1n) is 9.73. The molecule has 1 amide bonds. The van der Waals surface area contributed by atoms with Crippen molar-refractivity contribution in [3.05, 3.63) is 54.1 Å². The number of ether oxygens (including phenoxy) is 2. The molecule has 0 bridgehead atoms. The summed E-state index contributed by atoms with van der Waals surface area (Å²) in [7, 11) is -3.47. The van der Waals surface area contributed by atoms with E-state index in [1.165, 1.54) is 16.4 Å². The van der Waals surface area contributed by atoms with E-state index < -0.39 is 10.0 Å². The van der Waals surface area contributed by atoms with Crippen LogP contribution in [-0.2, 0) is 14.8 Å². The van der Waals surface area contributed by atoms with Gasteiger partial charge in [-0.15, -0.1) is 0 Å². The van der Waals surface area contributed by atoms with Gasteiger partial charge in [-0.2, -0.15) is 4.31 Å². The van der Waals surface area contributed by atoms with Crippen LogP contribution in [0.25, 0.3) is 0 Å². The molecule has 1 aliphatic rings. The fourth-order valence-corrected chi connectivity index (χ4v) is 4.64. The average Bonchev–Trinajstić information content (AvgIpc) is 3.28. The second-order valence-corrected chi connectivity index (χ2v) is 8.57. The standard InChI is InChI=1S/C21H26N2O5S/c1-2-27-15-16-28-20-8-4-3-7-19(20)21(24)22-17-9-11-18(12-10-17)29(25,26)23-13-5-6-14-23/h3-4,7-12H,2,5-6,13-16H2,1H3,(H,22,24). The van der Waals surface area contributed by atoms with E-state index >= 15 is 0 Å². The van der Waals surface area contributed by atoms with Crippen LogP contribution >= 0.6 is 0 Å². The molecular formula is C21H26N2O5S. The molecular weight excluding hydrogens is 392 g/mol. The highest BCUT2D eigenvalue weighted by Crippen LogP contribution is 2.23. The number of hydrogen-bond donors (Lipinski definition) is 1. The summed E-state index contributed by atoms with van der Waals surface area (Å²) in [5.74, 6) is 0.144. The van der Waals surface area contributed by atoms with E-state index in [0.717, 1.165) is 12.8 Å². The van der Waals surface area contributed by atoms with Crippen LogP contribution in [0.5, 0.6) is 5.75 Å². The molecule has 0 aromatic heterocycles. The van der Waals surface area contributed by atoms with Gasteiger partial charge >= 0.3 is 0 Å². The van der Waals surface area contributed by atoms with Gasteiger partial charge in [0.05, 0.1) is 17.1 Å². The number of nitrogens with one attached hydrogen (secondary N) is 1. The number of benzene rings is 2. The fourth-order valence-electron chi connectivity index (χ4n) is 3.12. The van der Waals surface area contributed by atoms with E-state index in [2.05, 4.69) is 5.32 Å². The molecule has 2 aromatic rings. The molecule has 0 unspecified atom stereocenters. The number of anilines is 1. The Morgan fingerprint density at radius 2 is 1.72 bits per heavy atom. The van der Waals surface area contributed by atoms with Gasteiger partial charge in [0.25, 0.3) is 5.91 Å². The van der Waals surface area contributed by atoms with Gasteiger partial charge in [-0.05, 0) is 56.2 Å². The van der Waals surface area contributed by atoms with Gasteiger partial charge in [0.2, 0.25) is 10.0 Å². The molecule has 1 heterocycles. The van der Waals surface area contributed by atoms with Crippen molar-refractivity contribution >= 4 is 21.6 Å². The largest absolute Gasteiger partial charge is 0.490 e.